The third-order valence-electron chi connectivity index (χ3n) is 4.66. The SMILES string of the molecule is COc1ccc(S(=O)(=O)NCC(c2ccsc2)N2CCCCC2)cc1Cl. The molecule has 1 unspecified atom stereocenters. The number of piperidine rings is 1. The highest BCUT2D eigenvalue weighted by atomic mass is 35.5. The summed E-state index contributed by atoms with van der Waals surface area (Å²) in [4.78, 5) is 2.51. The van der Waals surface area contributed by atoms with Gasteiger partial charge in [-0.15, -0.1) is 0 Å². The third-order valence-corrected chi connectivity index (χ3v) is 7.08. The fourth-order valence-corrected chi connectivity index (χ4v) is 5.33. The summed E-state index contributed by atoms with van der Waals surface area (Å²) in [7, 11) is -2.15. The molecule has 1 aliphatic heterocycles. The smallest absolute Gasteiger partial charge is 0.240 e. The van der Waals surface area contributed by atoms with Gasteiger partial charge in [-0.25, -0.2) is 13.1 Å². The Balaban J connectivity index is 1.76. The first-order chi connectivity index (χ1) is 12.5. The molecule has 2 aromatic rings. The van der Waals surface area contributed by atoms with Crippen molar-refractivity contribution in [3.63, 3.8) is 0 Å². The molecule has 1 N–H and O–H groups in total. The van der Waals surface area contributed by atoms with Crippen molar-refractivity contribution in [2.75, 3.05) is 26.7 Å². The second-order valence-electron chi connectivity index (χ2n) is 6.32. The van der Waals surface area contributed by atoms with Crippen LogP contribution in [0.3, 0.4) is 0 Å². The largest absolute Gasteiger partial charge is 0.495 e. The number of thiophene rings is 1. The Labute approximate surface area is 164 Å². The Morgan fingerprint density at radius 2 is 2.04 bits per heavy atom. The molecule has 5 nitrogen and oxygen atoms in total. The molecule has 0 spiro atoms. The van der Waals surface area contributed by atoms with Gasteiger partial charge in [-0.3, -0.25) is 4.90 Å². The van der Waals surface area contributed by atoms with Crippen LogP contribution in [0, 0.1) is 0 Å². The van der Waals surface area contributed by atoms with Crippen LogP contribution in [0.1, 0.15) is 30.9 Å². The monoisotopic (exact) mass is 414 g/mol. The lowest BCUT2D eigenvalue weighted by Crippen LogP contribution is -2.40. The minimum atomic E-state index is -3.65. The minimum absolute atomic E-state index is 0.0463. The fourth-order valence-electron chi connectivity index (χ4n) is 3.24. The van der Waals surface area contributed by atoms with Crippen LogP contribution in [0.2, 0.25) is 5.02 Å². The number of nitrogens with one attached hydrogen (secondary N) is 1. The minimum Gasteiger partial charge on any atom is -0.495 e. The van der Waals surface area contributed by atoms with Gasteiger partial charge >= 0.3 is 0 Å². The molecule has 0 aliphatic carbocycles. The number of likely N-dealkylation sites (tertiary alicyclic amines) is 1. The highest BCUT2D eigenvalue weighted by Crippen LogP contribution is 2.28. The summed E-state index contributed by atoms with van der Waals surface area (Å²) in [5.74, 6) is 0.454. The zero-order chi connectivity index (χ0) is 18.6. The Morgan fingerprint density at radius 3 is 2.65 bits per heavy atom. The van der Waals surface area contributed by atoms with Crippen molar-refractivity contribution < 1.29 is 13.2 Å². The van der Waals surface area contributed by atoms with Gasteiger partial charge < -0.3 is 4.74 Å². The molecule has 0 amide bonds. The number of sulfonamides is 1. The van der Waals surface area contributed by atoms with Gasteiger partial charge in [0, 0.05) is 12.6 Å². The van der Waals surface area contributed by atoms with Crippen LogP contribution in [0.25, 0.3) is 0 Å². The lowest BCUT2D eigenvalue weighted by atomic mass is 10.0. The first-order valence-corrected chi connectivity index (χ1v) is 11.4. The average molecular weight is 415 g/mol. The first-order valence-electron chi connectivity index (χ1n) is 8.60. The topological polar surface area (TPSA) is 58.6 Å². The van der Waals surface area contributed by atoms with Gasteiger partial charge in [0.15, 0.2) is 0 Å². The maximum Gasteiger partial charge on any atom is 0.240 e. The van der Waals surface area contributed by atoms with E-state index >= 15 is 0 Å². The molecule has 1 aliphatic rings. The number of methoxy groups -OCH3 is 1. The van der Waals surface area contributed by atoms with Crippen molar-refractivity contribution in [1.82, 2.24) is 9.62 Å². The average Bonchev–Trinajstić information content (AvgIpc) is 3.17. The molecule has 26 heavy (non-hydrogen) atoms. The van der Waals surface area contributed by atoms with E-state index < -0.39 is 10.0 Å². The van der Waals surface area contributed by atoms with E-state index in [1.165, 1.54) is 25.7 Å². The van der Waals surface area contributed by atoms with Crippen molar-refractivity contribution in [2.45, 2.75) is 30.2 Å². The molecule has 2 heterocycles. The lowest BCUT2D eigenvalue weighted by Gasteiger charge is -2.34. The van der Waals surface area contributed by atoms with E-state index in [1.807, 2.05) is 5.38 Å². The molecule has 1 atom stereocenters. The summed E-state index contributed by atoms with van der Waals surface area (Å²) in [5, 5.41) is 4.41. The van der Waals surface area contributed by atoms with Gasteiger partial charge in [-0.2, -0.15) is 11.3 Å². The zero-order valence-electron chi connectivity index (χ0n) is 14.7. The highest BCUT2D eigenvalue weighted by Gasteiger charge is 2.25. The zero-order valence-corrected chi connectivity index (χ0v) is 17.0. The maximum absolute atomic E-state index is 12.7. The summed E-state index contributed by atoms with van der Waals surface area (Å²) in [6.45, 7) is 2.33. The van der Waals surface area contributed by atoms with Gasteiger partial charge in [0.2, 0.25) is 10.0 Å². The predicted molar refractivity (Wildman–Crippen MR) is 106 cm³/mol. The van der Waals surface area contributed by atoms with Crippen molar-refractivity contribution >= 4 is 33.0 Å². The Kier molecular flexibility index (Phi) is 6.58. The standard InChI is InChI=1S/C18H23ClN2O3S2/c1-24-18-6-5-15(11-16(18)19)26(22,23)20-12-17(14-7-10-25-13-14)21-8-3-2-4-9-21/h5-7,10-11,13,17,20H,2-4,8-9,12H2,1H3. The van der Waals surface area contributed by atoms with E-state index in [-0.39, 0.29) is 16.0 Å². The van der Waals surface area contributed by atoms with E-state index in [2.05, 4.69) is 21.1 Å². The number of rotatable bonds is 7. The maximum atomic E-state index is 12.7. The van der Waals surface area contributed by atoms with Crippen LogP contribution in [0.5, 0.6) is 5.75 Å². The second kappa shape index (κ2) is 8.71. The van der Waals surface area contributed by atoms with Gasteiger partial charge in [-0.05, 0) is 66.5 Å². The van der Waals surface area contributed by atoms with Crippen molar-refractivity contribution in [3.05, 3.63) is 45.6 Å². The number of ether oxygens (including phenoxy) is 1. The van der Waals surface area contributed by atoms with E-state index in [9.17, 15) is 8.42 Å². The third kappa shape index (κ3) is 4.58. The highest BCUT2D eigenvalue weighted by molar-refractivity contribution is 7.89. The van der Waals surface area contributed by atoms with Gasteiger partial charge in [-0.1, -0.05) is 18.0 Å². The Bertz CT molecular complexity index is 819. The molecule has 0 bridgehead atoms. The second-order valence-corrected chi connectivity index (χ2v) is 9.27. The first kappa shape index (κ1) is 19.6. The molecule has 8 heteroatoms. The molecule has 1 fully saturated rings. The van der Waals surface area contributed by atoms with Gasteiger partial charge in [0.25, 0.3) is 0 Å². The van der Waals surface area contributed by atoms with E-state index in [1.54, 1.807) is 17.4 Å². The Hall–Kier alpha value is -1.12. The number of nitrogens with zero attached hydrogens (tertiary/aromatic N) is 1. The van der Waals surface area contributed by atoms with E-state index in [0.717, 1.165) is 31.5 Å². The molecule has 0 saturated carbocycles. The van der Waals surface area contributed by atoms with E-state index in [0.29, 0.717) is 12.3 Å². The Morgan fingerprint density at radius 1 is 1.27 bits per heavy atom. The normalized spacial score (nSPS) is 17.2. The van der Waals surface area contributed by atoms with Crippen LogP contribution in [0.4, 0.5) is 0 Å². The molecular weight excluding hydrogens is 392 g/mol. The molecule has 1 aromatic carbocycles. The van der Waals surface area contributed by atoms with Crippen molar-refractivity contribution in [3.8, 4) is 5.75 Å². The van der Waals surface area contributed by atoms with Crippen molar-refractivity contribution in [2.24, 2.45) is 0 Å². The number of hydrogen-bond acceptors (Lipinski definition) is 5. The van der Waals surface area contributed by atoms with Crippen LogP contribution >= 0.6 is 22.9 Å². The number of halogens is 1. The van der Waals surface area contributed by atoms with Gasteiger partial charge in [0.1, 0.15) is 5.75 Å². The summed E-state index contributed by atoms with van der Waals surface area (Å²) in [5.41, 5.74) is 1.16. The molecular formula is C18H23ClN2O3S2. The van der Waals surface area contributed by atoms with E-state index in [4.69, 9.17) is 16.3 Å². The number of benzene rings is 1. The lowest BCUT2D eigenvalue weighted by molar-refractivity contribution is 0.165. The summed E-state index contributed by atoms with van der Waals surface area (Å²) >= 11 is 7.71. The molecule has 0 radical (unpaired) electrons. The fraction of sp³-hybridized carbons (Fsp3) is 0.444. The quantitative estimate of drug-likeness (QED) is 0.746. The number of hydrogen-bond donors (Lipinski definition) is 1. The molecule has 1 saturated heterocycles. The molecule has 3 rings (SSSR count). The summed E-state index contributed by atoms with van der Waals surface area (Å²) in [6, 6.07) is 6.61. The van der Waals surface area contributed by atoms with Crippen LogP contribution < -0.4 is 9.46 Å². The summed E-state index contributed by atoms with van der Waals surface area (Å²) < 4.78 is 33.3. The van der Waals surface area contributed by atoms with Gasteiger partial charge in [0.05, 0.1) is 17.0 Å². The predicted octanol–water partition coefficient (Wildman–Crippen LogP) is 3.92. The van der Waals surface area contributed by atoms with Crippen molar-refractivity contribution in [1.29, 1.82) is 0 Å². The van der Waals surface area contributed by atoms with Crippen LogP contribution in [-0.4, -0.2) is 40.1 Å². The molecule has 142 valence electrons. The van der Waals surface area contributed by atoms with Crippen LogP contribution in [-0.2, 0) is 10.0 Å². The summed E-state index contributed by atoms with van der Waals surface area (Å²) in [6.07, 6.45) is 3.55. The van der Waals surface area contributed by atoms with Crippen LogP contribution in [0.15, 0.2) is 39.9 Å². The molecule has 1 aromatic heterocycles.